The Hall–Kier alpha value is -2.16. The van der Waals surface area contributed by atoms with E-state index in [4.69, 9.17) is 11.6 Å². The number of nitrogens with zero attached hydrogens (tertiary/aromatic N) is 4. The highest BCUT2D eigenvalue weighted by molar-refractivity contribution is 9.10. The van der Waals surface area contributed by atoms with E-state index in [9.17, 15) is 5.26 Å². The first-order chi connectivity index (χ1) is 12.1. The largest absolute Gasteiger partial charge is 0.251 e. The molecule has 4 nitrogen and oxygen atoms in total. The van der Waals surface area contributed by atoms with Crippen molar-refractivity contribution < 1.29 is 0 Å². The highest BCUT2D eigenvalue weighted by atomic mass is 79.9. The summed E-state index contributed by atoms with van der Waals surface area (Å²) in [7, 11) is 0. The Balaban J connectivity index is 1.94. The maximum atomic E-state index is 10.1. The first-order valence-corrected chi connectivity index (χ1v) is 9.02. The van der Waals surface area contributed by atoms with Crippen molar-refractivity contribution in [1.82, 2.24) is 14.8 Å². The zero-order chi connectivity index (χ0) is 17.7. The molecule has 25 heavy (non-hydrogen) atoms. The van der Waals surface area contributed by atoms with Crippen molar-refractivity contribution in [3.8, 4) is 6.07 Å². The molecule has 0 amide bonds. The normalized spacial score (nSPS) is 13.2. The Morgan fingerprint density at radius 2 is 2.04 bits per heavy atom. The molecule has 6 heteroatoms. The highest BCUT2D eigenvalue weighted by Crippen LogP contribution is 2.33. The lowest BCUT2D eigenvalue weighted by Gasteiger charge is -2.27. The lowest BCUT2D eigenvalue weighted by molar-refractivity contribution is 0.402. The van der Waals surface area contributed by atoms with E-state index in [-0.39, 0.29) is 0 Å². The Morgan fingerprint density at radius 1 is 1.20 bits per heavy atom. The van der Waals surface area contributed by atoms with Gasteiger partial charge in [-0.2, -0.15) is 10.4 Å². The summed E-state index contributed by atoms with van der Waals surface area (Å²) in [6, 6.07) is 18.2. The molecule has 0 spiro atoms. The van der Waals surface area contributed by atoms with Gasteiger partial charge in [0.15, 0.2) is 0 Å². The Labute approximate surface area is 160 Å². The first kappa shape index (κ1) is 17.7. The molecule has 0 radical (unpaired) electrons. The van der Waals surface area contributed by atoms with Crippen molar-refractivity contribution in [2.45, 2.75) is 24.8 Å². The smallest absolute Gasteiger partial charge is 0.137 e. The van der Waals surface area contributed by atoms with Crippen LogP contribution in [0.15, 0.2) is 65.7 Å². The number of benzene rings is 2. The van der Waals surface area contributed by atoms with Crippen LogP contribution < -0.4 is 0 Å². The fourth-order valence-corrected chi connectivity index (χ4v) is 3.53. The van der Waals surface area contributed by atoms with Gasteiger partial charge in [-0.05, 0) is 48.2 Å². The van der Waals surface area contributed by atoms with Crippen LogP contribution in [-0.2, 0) is 18.4 Å². The lowest BCUT2D eigenvalue weighted by Crippen LogP contribution is -2.31. The predicted molar refractivity (Wildman–Crippen MR) is 101 cm³/mol. The SMILES string of the molecule is N#CC(CCc1cccc(Br)c1)(Cn1cncn1)c1cccc(Cl)c1. The molecule has 1 aromatic heterocycles. The summed E-state index contributed by atoms with van der Waals surface area (Å²) in [4.78, 5) is 3.99. The maximum absolute atomic E-state index is 10.1. The average Bonchev–Trinajstić information content (AvgIpc) is 3.12. The molecule has 0 aliphatic heterocycles. The fraction of sp³-hybridized carbons (Fsp3) is 0.211. The van der Waals surface area contributed by atoms with Crippen molar-refractivity contribution in [1.29, 1.82) is 5.26 Å². The van der Waals surface area contributed by atoms with Gasteiger partial charge in [0.2, 0.25) is 0 Å². The maximum Gasteiger partial charge on any atom is 0.137 e. The molecular formula is C19H16BrClN4. The number of halogens is 2. The van der Waals surface area contributed by atoms with Crippen LogP contribution >= 0.6 is 27.5 Å². The standard InChI is InChI=1S/C19H16BrClN4/c20-17-5-1-3-15(9-17)7-8-19(11-22,12-25-14-23-13-24-25)16-4-2-6-18(21)10-16/h1-6,9-10,13-14H,7-8,12H2. The van der Waals surface area contributed by atoms with E-state index in [1.54, 1.807) is 11.0 Å². The molecule has 0 aliphatic carbocycles. The molecule has 2 aromatic carbocycles. The van der Waals surface area contributed by atoms with Gasteiger partial charge < -0.3 is 0 Å². The summed E-state index contributed by atoms with van der Waals surface area (Å²) in [6.45, 7) is 0.428. The zero-order valence-corrected chi connectivity index (χ0v) is 15.8. The van der Waals surface area contributed by atoms with Crippen molar-refractivity contribution in [3.05, 3.63) is 81.8 Å². The van der Waals surface area contributed by atoms with E-state index in [2.05, 4.69) is 44.2 Å². The number of aryl methyl sites for hydroxylation is 1. The molecule has 3 aromatic rings. The van der Waals surface area contributed by atoms with Crippen LogP contribution in [0.3, 0.4) is 0 Å². The second kappa shape index (κ2) is 7.81. The minimum atomic E-state index is -0.735. The second-order valence-electron chi connectivity index (χ2n) is 5.93. The van der Waals surface area contributed by atoms with Crippen molar-refractivity contribution >= 4 is 27.5 Å². The van der Waals surface area contributed by atoms with Crippen LogP contribution in [0, 0.1) is 11.3 Å². The van der Waals surface area contributed by atoms with Crippen molar-refractivity contribution in [3.63, 3.8) is 0 Å². The average molecular weight is 416 g/mol. The van der Waals surface area contributed by atoms with Crippen LogP contribution in [0.2, 0.25) is 5.02 Å². The van der Waals surface area contributed by atoms with Crippen LogP contribution in [0.5, 0.6) is 0 Å². The third kappa shape index (κ3) is 4.28. The number of nitriles is 1. The Morgan fingerprint density at radius 3 is 2.72 bits per heavy atom. The van der Waals surface area contributed by atoms with E-state index >= 15 is 0 Å². The summed E-state index contributed by atoms with van der Waals surface area (Å²) in [5.74, 6) is 0. The fourth-order valence-electron chi connectivity index (χ4n) is 2.90. The molecule has 3 rings (SSSR count). The van der Waals surface area contributed by atoms with Crippen LogP contribution in [0.1, 0.15) is 17.5 Å². The van der Waals surface area contributed by atoms with Gasteiger partial charge >= 0.3 is 0 Å². The number of hydrogen-bond donors (Lipinski definition) is 0. The van der Waals surface area contributed by atoms with E-state index in [1.165, 1.54) is 11.9 Å². The minimum absolute atomic E-state index is 0.428. The van der Waals surface area contributed by atoms with E-state index in [1.807, 2.05) is 36.4 Å². The quantitative estimate of drug-likeness (QED) is 0.582. The second-order valence-corrected chi connectivity index (χ2v) is 7.28. The molecule has 0 bridgehead atoms. The minimum Gasteiger partial charge on any atom is -0.251 e. The molecule has 0 saturated carbocycles. The van der Waals surface area contributed by atoms with Gasteiger partial charge in [-0.25, -0.2) is 4.98 Å². The molecule has 1 unspecified atom stereocenters. The summed E-state index contributed by atoms with van der Waals surface area (Å²) in [5.41, 5.74) is 1.34. The Bertz CT molecular complexity index is 888. The lowest BCUT2D eigenvalue weighted by atomic mass is 9.77. The molecule has 1 atom stereocenters. The third-order valence-corrected chi connectivity index (χ3v) is 4.95. The van der Waals surface area contributed by atoms with Crippen molar-refractivity contribution in [2.75, 3.05) is 0 Å². The van der Waals surface area contributed by atoms with Crippen LogP contribution in [0.4, 0.5) is 0 Å². The first-order valence-electron chi connectivity index (χ1n) is 7.85. The molecule has 0 saturated heterocycles. The van der Waals surface area contributed by atoms with Gasteiger partial charge in [0.1, 0.15) is 18.1 Å². The summed E-state index contributed by atoms with van der Waals surface area (Å²) in [6.07, 6.45) is 4.54. The molecule has 126 valence electrons. The summed E-state index contributed by atoms with van der Waals surface area (Å²) < 4.78 is 2.73. The van der Waals surface area contributed by atoms with E-state index in [0.717, 1.165) is 16.5 Å². The monoisotopic (exact) mass is 414 g/mol. The summed E-state index contributed by atoms with van der Waals surface area (Å²) >= 11 is 9.68. The van der Waals surface area contributed by atoms with Gasteiger partial charge in [0.05, 0.1) is 12.6 Å². The topological polar surface area (TPSA) is 54.5 Å². The number of aromatic nitrogens is 3. The Kier molecular flexibility index (Phi) is 5.52. The van der Waals surface area contributed by atoms with Gasteiger partial charge in [-0.1, -0.05) is 51.8 Å². The van der Waals surface area contributed by atoms with Crippen LogP contribution in [-0.4, -0.2) is 14.8 Å². The van der Waals surface area contributed by atoms with Crippen molar-refractivity contribution in [2.24, 2.45) is 0 Å². The van der Waals surface area contributed by atoms with Gasteiger partial charge in [0.25, 0.3) is 0 Å². The highest BCUT2D eigenvalue weighted by Gasteiger charge is 2.33. The number of hydrogen-bond acceptors (Lipinski definition) is 3. The van der Waals surface area contributed by atoms with E-state index < -0.39 is 5.41 Å². The summed E-state index contributed by atoms with van der Waals surface area (Å²) in [5, 5.41) is 14.9. The van der Waals surface area contributed by atoms with Crippen LogP contribution in [0.25, 0.3) is 0 Å². The molecule has 0 aliphatic rings. The van der Waals surface area contributed by atoms with Gasteiger partial charge in [-0.15, -0.1) is 0 Å². The molecular weight excluding hydrogens is 400 g/mol. The van der Waals surface area contributed by atoms with Gasteiger partial charge in [-0.3, -0.25) is 4.68 Å². The predicted octanol–water partition coefficient (Wildman–Crippen LogP) is 4.79. The number of rotatable bonds is 6. The van der Waals surface area contributed by atoms with E-state index in [0.29, 0.717) is 18.0 Å². The molecule has 0 N–H and O–H groups in total. The molecule has 0 fully saturated rings. The molecule has 1 heterocycles. The third-order valence-electron chi connectivity index (χ3n) is 4.22. The zero-order valence-electron chi connectivity index (χ0n) is 13.4. The van der Waals surface area contributed by atoms with Gasteiger partial charge in [0, 0.05) is 9.50 Å².